The average Bonchev–Trinajstić information content (AvgIpc) is 3.17. The van der Waals surface area contributed by atoms with Crippen LogP contribution in [0.4, 0.5) is 16.2 Å². The lowest BCUT2D eigenvalue weighted by atomic mass is 10.2. The van der Waals surface area contributed by atoms with E-state index in [4.69, 9.17) is 19.9 Å². The number of nitrogens with zero attached hydrogens (tertiary/aromatic N) is 1. The summed E-state index contributed by atoms with van der Waals surface area (Å²) in [5, 5.41) is 2.77. The lowest BCUT2D eigenvalue weighted by Crippen LogP contribution is -2.25. The van der Waals surface area contributed by atoms with Crippen molar-refractivity contribution in [2.75, 3.05) is 37.1 Å². The third-order valence-electron chi connectivity index (χ3n) is 4.20. The van der Waals surface area contributed by atoms with Crippen molar-refractivity contribution in [2.45, 2.75) is 0 Å². The molecule has 9 nitrogen and oxygen atoms in total. The lowest BCUT2D eigenvalue weighted by Gasteiger charge is -2.17. The van der Waals surface area contributed by atoms with Crippen molar-refractivity contribution in [3.8, 4) is 11.5 Å². The van der Waals surface area contributed by atoms with Crippen LogP contribution in [0.3, 0.4) is 0 Å². The van der Waals surface area contributed by atoms with Crippen molar-refractivity contribution >= 4 is 35.4 Å². The monoisotopic (exact) mass is 411 g/mol. The third-order valence-corrected chi connectivity index (χ3v) is 4.20. The summed E-state index contributed by atoms with van der Waals surface area (Å²) in [6, 6.07) is 12.0. The first kappa shape index (κ1) is 20.7. The van der Waals surface area contributed by atoms with Crippen LogP contribution in [0.1, 0.15) is 5.56 Å². The summed E-state index contributed by atoms with van der Waals surface area (Å²) < 4.78 is 15.5. The van der Waals surface area contributed by atoms with Gasteiger partial charge in [-0.25, -0.2) is 4.79 Å². The Morgan fingerprint density at radius 3 is 2.73 bits per heavy atom. The van der Waals surface area contributed by atoms with Gasteiger partial charge in [0.15, 0.2) is 18.1 Å². The van der Waals surface area contributed by atoms with Crippen LogP contribution < -0.4 is 25.4 Å². The van der Waals surface area contributed by atoms with E-state index in [1.807, 2.05) is 0 Å². The molecule has 0 radical (unpaired) electrons. The first-order valence-electron chi connectivity index (χ1n) is 9.09. The molecule has 1 aliphatic rings. The maximum absolute atomic E-state index is 12.4. The number of carbonyl (C=O) groups excluding carboxylic acids is 3. The fourth-order valence-corrected chi connectivity index (χ4v) is 2.83. The predicted octanol–water partition coefficient (Wildman–Crippen LogP) is 2.17. The highest BCUT2D eigenvalue weighted by atomic mass is 16.6. The van der Waals surface area contributed by atoms with Crippen LogP contribution in [0.25, 0.3) is 6.08 Å². The lowest BCUT2D eigenvalue weighted by molar-refractivity contribution is -0.120. The number of hydrogen-bond donors (Lipinski definition) is 2. The Hall–Kier alpha value is -4.01. The van der Waals surface area contributed by atoms with Crippen LogP contribution in [0.2, 0.25) is 0 Å². The molecule has 1 fully saturated rings. The topological polar surface area (TPSA) is 120 Å². The van der Waals surface area contributed by atoms with Gasteiger partial charge in [0.1, 0.15) is 6.61 Å². The van der Waals surface area contributed by atoms with E-state index in [-0.39, 0.29) is 12.5 Å². The Bertz CT molecular complexity index is 988. The van der Waals surface area contributed by atoms with E-state index in [1.165, 1.54) is 18.1 Å². The molecular formula is C21H21N3O6. The Kier molecular flexibility index (Phi) is 6.53. The Morgan fingerprint density at radius 1 is 1.23 bits per heavy atom. The summed E-state index contributed by atoms with van der Waals surface area (Å²) in [4.78, 5) is 36.5. The van der Waals surface area contributed by atoms with Crippen molar-refractivity contribution in [1.29, 1.82) is 0 Å². The summed E-state index contributed by atoms with van der Waals surface area (Å²) in [7, 11) is 1.47. The molecule has 2 aromatic carbocycles. The van der Waals surface area contributed by atoms with Crippen LogP contribution in [-0.4, -0.2) is 44.8 Å². The molecule has 2 aromatic rings. The molecule has 3 rings (SSSR count). The number of benzene rings is 2. The number of carbonyl (C=O) groups is 3. The van der Waals surface area contributed by atoms with Crippen LogP contribution in [-0.2, 0) is 14.3 Å². The van der Waals surface area contributed by atoms with Crippen molar-refractivity contribution in [1.82, 2.24) is 0 Å². The van der Waals surface area contributed by atoms with E-state index < -0.39 is 12.0 Å². The molecule has 3 N–H and O–H groups in total. The molecule has 156 valence electrons. The van der Waals surface area contributed by atoms with Crippen molar-refractivity contribution in [3.63, 3.8) is 0 Å². The second kappa shape index (κ2) is 9.46. The summed E-state index contributed by atoms with van der Waals surface area (Å²) in [6.07, 6.45) is 2.51. The van der Waals surface area contributed by atoms with Gasteiger partial charge >= 0.3 is 6.09 Å². The van der Waals surface area contributed by atoms with E-state index in [2.05, 4.69) is 5.32 Å². The molecule has 1 saturated heterocycles. The molecule has 1 heterocycles. The van der Waals surface area contributed by atoms with Crippen LogP contribution >= 0.6 is 0 Å². The molecule has 9 heteroatoms. The highest BCUT2D eigenvalue weighted by molar-refractivity contribution is 6.05. The minimum Gasteiger partial charge on any atom is -0.493 e. The molecule has 0 saturated carbocycles. The average molecular weight is 411 g/mol. The quantitative estimate of drug-likeness (QED) is 0.643. The fraction of sp³-hybridized carbons (Fsp3) is 0.190. The van der Waals surface area contributed by atoms with Gasteiger partial charge in [-0.15, -0.1) is 0 Å². The summed E-state index contributed by atoms with van der Waals surface area (Å²) in [5.41, 5.74) is 6.83. The number of amides is 3. The number of ether oxygens (including phenoxy) is 3. The summed E-state index contributed by atoms with van der Waals surface area (Å²) in [5.74, 6) is -0.204. The molecule has 0 bridgehead atoms. The predicted molar refractivity (Wildman–Crippen MR) is 110 cm³/mol. The van der Waals surface area contributed by atoms with Crippen LogP contribution in [0, 0.1) is 0 Å². The van der Waals surface area contributed by atoms with Crippen LogP contribution in [0.15, 0.2) is 48.5 Å². The first-order chi connectivity index (χ1) is 14.5. The largest absolute Gasteiger partial charge is 0.493 e. The van der Waals surface area contributed by atoms with E-state index >= 15 is 0 Å². The van der Waals surface area contributed by atoms with Gasteiger partial charge in [-0.05, 0) is 35.9 Å². The van der Waals surface area contributed by atoms with E-state index in [0.717, 1.165) is 0 Å². The second-order valence-corrected chi connectivity index (χ2v) is 6.27. The van der Waals surface area contributed by atoms with Gasteiger partial charge in [0.05, 0.1) is 25.0 Å². The molecule has 0 spiro atoms. The van der Waals surface area contributed by atoms with Gasteiger partial charge < -0.3 is 25.3 Å². The number of cyclic esters (lactones) is 1. The maximum atomic E-state index is 12.4. The molecular weight excluding hydrogens is 390 g/mol. The maximum Gasteiger partial charge on any atom is 0.414 e. The number of nitrogens with two attached hydrogens (primary N) is 1. The van der Waals surface area contributed by atoms with Crippen molar-refractivity contribution in [3.05, 3.63) is 54.1 Å². The Balaban J connectivity index is 1.70. The summed E-state index contributed by atoms with van der Waals surface area (Å²) in [6.45, 7) is 0.464. The number of primary amides is 1. The fourth-order valence-electron chi connectivity index (χ4n) is 2.83. The van der Waals surface area contributed by atoms with E-state index in [0.29, 0.717) is 41.6 Å². The standard InChI is InChI=1S/C21H21N3O6/c1-28-18-12-14(6-8-17(18)30-13-19(22)25)7-9-20(26)23-15-4-2-3-5-16(15)24-10-11-29-21(24)27/h2-9,12H,10-11,13H2,1H3,(H2,22,25)(H,23,26)/b9-7+. The molecule has 0 aromatic heterocycles. The van der Waals surface area contributed by atoms with Crippen molar-refractivity contribution < 1.29 is 28.6 Å². The molecule has 1 aliphatic heterocycles. The Labute approximate surface area is 173 Å². The van der Waals surface area contributed by atoms with E-state index in [1.54, 1.807) is 48.5 Å². The normalized spacial score (nSPS) is 13.2. The van der Waals surface area contributed by atoms with Gasteiger partial charge in [-0.3, -0.25) is 14.5 Å². The third kappa shape index (κ3) is 5.07. The first-order valence-corrected chi connectivity index (χ1v) is 9.09. The SMILES string of the molecule is COc1cc(/C=C/C(=O)Nc2ccccc2N2CCOC2=O)ccc1OCC(N)=O. The number of rotatable bonds is 8. The van der Waals surface area contributed by atoms with E-state index in [9.17, 15) is 14.4 Å². The number of hydrogen-bond acceptors (Lipinski definition) is 6. The highest BCUT2D eigenvalue weighted by Crippen LogP contribution is 2.29. The van der Waals surface area contributed by atoms with Gasteiger partial charge in [0.2, 0.25) is 5.91 Å². The Morgan fingerprint density at radius 2 is 2.03 bits per heavy atom. The zero-order valence-electron chi connectivity index (χ0n) is 16.3. The number of para-hydroxylation sites is 2. The molecule has 3 amide bonds. The second-order valence-electron chi connectivity index (χ2n) is 6.27. The van der Waals surface area contributed by atoms with Gasteiger partial charge in [0.25, 0.3) is 5.91 Å². The smallest absolute Gasteiger partial charge is 0.414 e. The highest BCUT2D eigenvalue weighted by Gasteiger charge is 2.25. The zero-order chi connectivity index (χ0) is 21.5. The van der Waals surface area contributed by atoms with Gasteiger partial charge in [-0.2, -0.15) is 0 Å². The van der Waals surface area contributed by atoms with Gasteiger partial charge in [-0.1, -0.05) is 18.2 Å². The zero-order valence-corrected chi connectivity index (χ0v) is 16.3. The molecule has 0 aliphatic carbocycles. The van der Waals surface area contributed by atoms with Crippen molar-refractivity contribution in [2.24, 2.45) is 5.73 Å². The molecule has 30 heavy (non-hydrogen) atoms. The summed E-state index contributed by atoms with van der Waals surface area (Å²) >= 11 is 0. The number of nitrogens with one attached hydrogen (secondary N) is 1. The molecule has 0 unspecified atom stereocenters. The molecule has 0 atom stereocenters. The van der Waals surface area contributed by atoms with Gasteiger partial charge in [0, 0.05) is 6.08 Å². The minimum atomic E-state index is -0.597. The number of methoxy groups -OCH3 is 1. The minimum absolute atomic E-state index is 0.266. The number of anilines is 2. The van der Waals surface area contributed by atoms with Crippen LogP contribution in [0.5, 0.6) is 11.5 Å².